The minimum atomic E-state index is -4.66. The van der Waals surface area contributed by atoms with Crippen LogP contribution < -0.4 is 10.0 Å². The number of hydrogen-bond donors (Lipinski definition) is 2. The Hall–Kier alpha value is -3.28. The summed E-state index contributed by atoms with van der Waals surface area (Å²) in [5.74, 6) is -0.930. The molecule has 0 bridgehead atoms. The van der Waals surface area contributed by atoms with Gasteiger partial charge in [0, 0.05) is 17.0 Å². The molecule has 0 radical (unpaired) electrons. The minimum absolute atomic E-state index is 0.0961. The van der Waals surface area contributed by atoms with Crippen molar-refractivity contribution in [1.82, 2.24) is 19.9 Å². The van der Waals surface area contributed by atoms with Gasteiger partial charge >= 0.3 is 6.18 Å². The predicted octanol–water partition coefficient (Wildman–Crippen LogP) is 4.50. The maximum Gasteiger partial charge on any atom is 0.434 e. The van der Waals surface area contributed by atoms with E-state index >= 15 is 0 Å². The van der Waals surface area contributed by atoms with Crippen LogP contribution in [0.2, 0.25) is 0 Å². The molecular weight excluding hydrogens is 448 g/mol. The summed E-state index contributed by atoms with van der Waals surface area (Å²) >= 11 is 1.53. The highest BCUT2D eigenvalue weighted by Gasteiger charge is 2.33. The van der Waals surface area contributed by atoms with Crippen LogP contribution in [0.15, 0.2) is 42.9 Å². The van der Waals surface area contributed by atoms with E-state index < -0.39 is 23.6 Å². The van der Waals surface area contributed by atoms with Gasteiger partial charge in [-0.2, -0.15) is 13.2 Å². The molecule has 1 aliphatic carbocycles. The van der Waals surface area contributed by atoms with Gasteiger partial charge in [-0.25, -0.2) is 19.3 Å². The number of halogens is 4. The van der Waals surface area contributed by atoms with Gasteiger partial charge in [-0.05, 0) is 43.0 Å². The maximum absolute atomic E-state index is 14.5. The van der Waals surface area contributed by atoms with Gasteiger partial charge < -0.3 is 5.32 Å². The SMILES string of the molecule is O=C(Cc1ccnc(NSC2CC2)n1)Nc1ccc(-c2cncc(C(F)(F)F)n2)cc1F. The Bertz CT molecular complexity index is 1140. The van der Waals surface area contributed by atoms with Gasteiger partial charge in [-0.3, -0.25) is 14.5 Å². The highest BCUT2D eigenvalue weighted by atomic mass is 32.2. The second-order valence-corrected chi connectivity index (χ2v) is 8.10. The molecule has 0 unspecified atom stereocenters. The van der Waals surface area contributed by atoms with Crippen LogP contribution in [0, 0.1) is 5.82 Å². The molecule has 7 nitrogen and oxygen atoms in total. The van der Waals surface area contributed by atoms with Crippen molar-refractivity contribution in [2.24, 2.45) is 0 Å². The molecule has 0 spiro atoms. The first kappa shape index (κ1) is 21.9. The molecule has 1 aromatic carbocycles. The lowest BCUT2D eigenvalue weighted by Gasteiger charge is -2.10. The number of nitrogens with one attached hydrogen (secondary N) is 2. The molecule has 32 heavy (non-hydrogen) atoms. The standard InChI is InChI=1S/C20H16F4N6OS/c21-14-7-11(16-9-25-10-17(28-16)20(22,23)24)1-4-15(14)29-18(31)8-12-5-6-26-19(27-12)30-32-13-2-3-13/h1,4-7,9-10,13H,2-3,8H2,(H,29,31)(H,26,27,30). The van der Waals surface area contributed by atoms with Gasteiger partial charge in [-0.15, -0.1) is 0 Å². The Kier molecular flexibility index (Phi) is 6.21. The molecule has 1 fully saturated rings. The lowest BCUT2D eigenvalue weighted by molar-refractivity contribution is -0.141. The Balaban J connectivity index is 1.41. The number of aromatic nitrogens is 4. The first-order valence-corrected chi connectivity index (χ1v) is 10.4. The number of nitrogens with zero attached hydrogens (tertiary/aromatic N) is 4. The summed E-state index contributed by atoms with van der Waals surface area (Å²) in [4.78, 5) is 27.7. The molecule has 1 saturated carbocycles. The Morgan fingerprint density at radius 1 is 1.16 bits per heavy atom. The van der Waals surface area contributed by atoms with Crippen molar-refractivity contribution in [3.8, 4) is 11.3 Å². The van der Waals surface area contributed by atoms with Crippen molar-refractivity contribution in [3.05, 3.63) is 60.1 Å². The van der Waals surface area contributed by atoms with Gasteiger partial charge in [0.25, 0.3) is 0 Å². The van der Waals surface area contributed by atoms with Crippen LogP contribution in [0.4, 0.5) is 29.2 Å². The van der Waals surface area contributed by atoms with E-state index in [9.17, 15) is 22.4 Å². The van der Waals surface area contributed by atoms with E-state index in [1.165, 1.54) is 30.3 Å². The molecular formula is C20H16F4N6OS. The second kappa shape index (κ2) is 9.07. The van der Waals surface area contributed by atoms with Crippen LogP contribution >= 0.6 is 11.9 Å². The fraction of sp³-hybridized carbons (Fsp3) is 0.250. The molecule has 3 aromatic rings. The minimum Gasteiger partial charge on any atom is -0.323 e. The van der Waals surface area contributed by atoms with E-state index in [1.807, 2.05) is 0 Å². The molecule has 0 atom stereocenters. The number of carbonyl (C=O) groups excluding carboxylic acids is 1. The van der Waals surface area contributed by atoms with Crippen molar-refractivity contribution < 1.29 is 22.4 Å². The van der Waals surface area contributed by atoms with Crippen LogP contribution in [0.5, 0.6) is 0 Å². The summed E-state index contributed by atoms with van der Waals surface area (Å²) in [6, 6.07) is 5.17. The van der Waals surface area contributed by atoms with Crippen molar-refractivity contribution in [2.75, 3.05) is 10.0 Å². The number of benzene rings is 1. The Morgan fingerprint density at radius 2 is 1.97 bits per heavy atom. The molecule has 2 aromatic heterocycles. The van der Waals surface area contributed by atoms with Crippen molar-refractivity contribution in [1.29, 1.82) is 0 Å². The molecule has 0 saturated heterocycles. The van der Waals surface area contributed by atoms with Crippen molar-refractivity contribution in [3.63, 3.8) is 0 Å². The smallest absolute Gasteiger partial charge is 0.323 e. The summed E-state index contributed by atoms with van der Waals surface area (Å²) in [6.45, 7) is 0. The monoisotopic (exact) mass is 464 g/mol. The van der Waals surface area contributed by atoms with Crippen molar-refractivity contribution >= 4 is 29.5 Å². The third kappa shape index (κ3) is 5.69. The van der Waals surface area contributed by atoms with Gasteiger partial charge in [0.15, 0.2) is 5.69 Å². The van der Waals surface area contributed by atoms with Gasteiger partial charge in [0.05, 0.1) is 35.9 Å². The topological polar surface area (TPSA) is 92.7 Å². The van der Waals surface area contributed by atoms with Crippen LogP contribution in [-0.2, 0) is 17.4 Å². The number of carbonyl (C=O) groups is 1. The van der Waals surface area contributed by atoms with Crippen LogP contribution in [-0.4, -0.2) is 31.1 Å². The molecule has 2 N–H and O–H groups in total. The highest BCUT2D eigenvalue weighted by molar-refractivity contribution is 8.01. The predicted molar refractivity (Wildman–Crippen MR) is 111 cm³/mol. The van der Waals surface area contributed by atoms with Gasteiger partial charge in [-0.1, -0.05) is 6.07 Å². The first-order valence-electron chi connectivity index (χ1n) is 9.50. The maximum atomic E-state index is 14.5. The highest BCUT2D eigenvalue weighted by Crippen LogP contribution is 2.33. The summed E-state index contributed by atoms with van der Waals surface area (Å²) in [7, 11) is 0. The number of rotatable bonds is 7. The van der Waals surface area contributed by atoms with Crippen LogP contribution in [0.25, 0.3) is 11.3 Å². The zero-order valence-electron chi connectivity index (χ0n) is 16.4. The fourth-order valence-corrected chi connectivity index (χ4v) is 3.38. The molecule has 4 rings (SSSR count). The van der Waals surface area contributed by atoms with E-state index in [1.54, 1.807) is 6.07 Å². The molecule has 12 heteroatoms. The largest absolute Gasteiger partial charge is 0.434 e. The van der Waals surface area contributed by atoms with E-state index in [0.29, 0.717) is 23.1 Å². The van der Waals surface area contributed by atoms with Crippen molar-refractivity contribution in [2.45, 2.75) is 30.7 Å². The van der Waals surface area contributed by atoms with Crippen LogP contribution in [0.3, 0.4) is 0 Å². The summed E-state index contributed by atoms with van der Waals surface area (Å²) in [5.41, 5.74) is -0.884. The number of anilines is 2. The summed E-state index contributed by atoms with van der Waals surface area (Å²) < 4.78 is 56.0. The van der Waals surface area contributed by atoms with E-state index in [0.717, 1.165) is 25.1 Å². The summed E-state index contributed by atoms with van der Waals surface area (Å²) in [5, 5.41) is 2.99. The average molecular weight is 464 g/mol. The summed E-state index contributed by atoms with van der Waals surface area (Å²) in [6.07, 6.45) is 0.734. The number of amides is 1. The average Bonchev–Trinajstić information content (AvgIpc) is 3.58. The molecule has 166 valence electrons. The zero-order chi connectivity index (χ0) is 22.7. The molecule has 0 aliphatic heterocycles. The van der Waals surface area contributed by atoms with Gasteiger partial charge in [0.1, 0.15) is 5.82 Å². The van der Waals surface area contributed by atoms with Crippen LogP contribution in [0.1, 0.15) is 24.2 Å². The zero-order valence-corrected chi connectivity index (χ0v) is 17.2. The van der Waals surface area contributed by atoms with Gasteiger partial charge in [0.2, 0.25) is 11.9 Å². The first-order chi connectivity index (χ1) is 15.3. The lowest BCUT2D eigenvalue weighted by atomic mass is 10.1. The fourth-order valence-electron chi connectivity index (χ4n) is 2.64. The molecule has 2 heterocycles. The normalized spacial score (nSPS) is 13.6. The molecule has 1 amide bonds. The lowest BCUT2D eigenvalue weighted by Crippen LogP contribution is -2.16. The van der Waals surface area contributed by atoms with E-state index in [2.05, 4.69) is 30.0 Å². The quantitative estimate of drug-likeness (QED) is 0.393. The number of alkyl halides is 3. The Morgan fingerprint density at radius 3 is 2.69 bits per heavy atom. The second-order valence-electron chi connectivity index (χ2n) is 7.00. The number of hydrogen-bond acceptors (Lipinski definition) is 7. The Labute approximate surface area is 184 Å². The van der Waals surface area contributed by atoms with E-state index in [-0.39, 0.29) is 23.4 Å². The molecule has 1 aliphatic rings. The van der Waals surface area contributed by atoms with E-state index in [4.69, 9.17) is 0 Å². The third-order valence-electron chi connectivity index (χ3n) is 4.36. The third-order valence-corrected chi connectivity index (χ3v) is 5.47.